The summed E-state index contributed by atoms with van der Waals surface area (Å²) in [7, 11) is 1.70. The number of piperidine rings is 1. The molecule has 3 heteroatoms. The molecule has 0 spiro atoms. The van der Waals surface area contributed by atoms with E-state index in [9.17, 15) is 0 Å². The maximum Gasteiger partial charge on any atom is 0.118 e. The van der Waals surface area contributed by atoms with Crippen LogP contribution in [0.15, 0.2) is 24.3 Å². The number of likely N-dealkylation sites (tertiary alicyclic amines) is 1. The summed E-state index contributed by atoms with van der Waals surface area (Å²) in [6, 6.07) is 9.56. The van der Waals surface area contributed by atoms with Crippen molar-refractivity contribution in [3.8, 4) is 5.75 Å². The molecule has 0 aromatic heterocycles. The van der Waals surface area contributed by atoms with Gasteiger partial charge in [0.25, 0.3) is 0 Å². The van der Waals surface area contributed by atoms with E-state index in [-0.39, 0.29) is 6.04 Å². The third kappa shape index (κ3) is 3.28. The van der Waals surface area contributed by atoms with Crippen LogP contribution in [0.5, 0.6) is 5.75 Å². The predicted molar refractivity (Wildman–Crippen MR) is 79.4 cm³/mol. The van der Waals surface area contributed by atoms with E-state index in [1.54, 1.807) is 7.11 Å². The molecule has 1 heterocycles. The van der Waals surface area contributed by atoms with Gasteiger partial charge >= 0.3 is 0 Å². The van der Waals surface area contributed by atoms with E-state index in [1.807, 2.05) is 12.1 Å². The monoisotopic (exact) mass is 262 g/mol. The molecule has 19 heavy (non-hydrogen) atoms. The van der Waals surface area contributed by atoms with Gasteiger partial charge in [-0.05, 0) is 50.9 Å². The van der Waals surface area contributed by atoms with Crippen molar-refractivity contribution in [2.24, 2.45) is 5.73 Å². The van der Waals surface area contributed by atoms with Crippen LogP contribution >= 0.6 is 0 Å². The molecule has 3 unspecified atom stereocenters. The van der Waals surface area contributed by atoms with Crippen molar-refractivity contribution >= 4 is 0 Å². The first-order valence-electron chi connectivity index (χ1n) is 7.28. The number of rotatable bonds is 4. The number of benzene rings is 1. The summed E-state index contributed by atoms with van der Waals surface area (Å²) < 4.78 is 5.22. The molecule has 3 nitrogen and oxygen atoms in total. The van der Waals surface area contributed by atoms with Crippen molar-refractivity contribution in [3.63, 3.8) is 0 Å². The van der Waals surface area contributed by atoms with Gasteiger partial charge in [-0.1, -0.05) is 18.6 Å². The molecule has 1 aromatic carbocycles. The van der Waals surface area contributed by atoms with Gasteiger partial charge in [0.05, 0.1) is 7.11 Å². The first kappa shape index (κ1) is 14.4. The van der Waals surface area contributed by atoms with Gasteiger partial charge in [-0.25, -0.2) is 0 Å². The third-order valence-corrected chi connectivity index (χ3v) is 4.29. The van der Waals surface area contributed by atoms with Gasteiger partial charge in [-0.2, -0.15) is 0 Å². The maximum absolute atomic E-state index is 6.16. The minimum Gasteiger partial charge on any atom is -0.497 e. The molecule has 0 aliphatic carbocycles. The zero-order chi connectivity index (χ0) is 13.8. The van der Waals surface area contributed by atoms with Gasteiger partial charge in [0.2, 0.25) is 0 Å². The molecule has 1 aliphatic rings. The molecule has 1 saturated heterocycles. The van der Waals surface area contributed by atoms with E-state index in [4.69, 9.17) is 10.5 Å². The minimum absolute atomic E-state index is 0.237. The van der Waals surface area contributed by atoms with Crippen molar-refractivity contribution in [2.45, 2.75) is 51.2 Å². The molecule has 1 aromatic rings. The predicted octanol–water partition coefficient (Wildman–Crippen LogP) is 2.96. The summed E-state index contributed by atoms with van der Waals surface area (Å²) in [6.45, 7) is 5.56. The molecule has 3 atom stereocenters. The number of ether oxygens (including phenoxy) is 1. The molecule has 1 fully saturated rings. The van der Waals surface area contributed by atoms with Crippen molar-refractivity contribution in [3.05, 3.63) is 29.8 Å². The molecule has 0 amide bonds. The van der Waals surface area contributed by atoms with Crippen LogP contribution in [-0.2, 0) is 0 Å². The Hall–Kier alpha value is -1.06. The van der Waals surface area contributed by atoms with Gasteiger partial charge in [0.15, 0.2) is 0 Å². The van der Waals surface area contributed by atoms with Crippen molar-refractivity contribution in [1.82, 2.24) is 4.90 Å². The smallest absolute Gasteiger partial charge is 0.118 e. The van der Waals surface area contributed by atoms with Crippen LogP contribution in [0.25, 0.3) is 0 Å². The van der Waals surface area contributed by atoms with Crippen LogP contribution in [0, 0.1) is 0 Å². The second-order valence-electron chi connectivity index (χ2n) is 5.61. The molecule has 0 bridgehead atoms. The highest BCUT2D eigenvalue weighted by molar-refractivity contribution is 5.29. The van der Waals surface area contributed by atoms with E-state index < -0.39 is 0 Å². The van der Waals surface area contributed by atoms with Crippen molar-refractivity contribution < 1.29 is 4.74 Å². The van der Waals surface area contributed by atoms with E-state index in [2.05, 4.69) is 30.9 Å². The van der Waals surface area contributed by atoms with E-state index >= 15 is 0 Å². The zero-order valence-electron chi connectivity index (χ0n) is 12.3. The van der Waals surface area contributed by atoms with Crippen LogP contribution < -0.4 is 10.5 Å². The Balaban J connectivity index is 2.13. The Bertz CT molecular complexity index is 388. The number of methoxy groups -OCH3 is 1. The van der Waals surface area contributed by atoms with Gasteiger partial charge in [0, 0.05) is 18.1 Å². The van der Waals surface area contributed by atoms with Gasteiger partial charge in [-0.3, -0.25) is 4.90 Å². The quantitative estimate of drug-likeness (QED) is 0.906. The summed E-state index contributed by atoms with van der Waals surface area (Å²) >= 11 is 0. The topological polar surface area (TPSA) is 38.5 Å². The van der Waals surface area contributed by atoms with Gasteiger partial charge in [0.1, 0.15) is 5.75 Å². The van der Waals surface area contributed by atoms with E-state index in [0.717, 1.165) is 12.3 Å². The molecule has 2 rings (SSSR count). The van der Waals surface area contributed by atoms with Crippen LogP contribution in [-0.4, -0.2) is 30.6 Å². The third-order valence-electron chi connectivity index (χ3n) is 4.29. The van der Waals surface area contributed by atoms with E-state index in [1.165, 1.54) is 24.8 Å². The fourth-order valence-corrected chi connectivity index (χ4v) is 3.10. The lowest BCUT2D eigenvalue weighted by molar-refractivity contribution is 0.0890. The Kier molecular flexibility index (Phi) is 4.83. The lowest BCUT2D eigenvalue weighted by atomic mass is 9.93. The zero-order valence-corrected chi connectivity index (χ0v) is 12.3. The second kappa shape index (κ2) is 6.40. The number of hydrogen-bond donors (Lipinski definition) is 1. The molecular formula is C16H26N2O. The molecule has 0 saturated carbocycles. The summed E-state index contributed by atoms with van der Waals surface area (Å²) in [5.74, 6) is 0.915. The Morgan fingerprint density at radius 3 is 2.47 bits per heavy atom. The average molecular weight is 262 g/mol. The summed E-state index contributed by atoms with van der Waals surface area (Å²) in [5.41, 5.74) is 7.50. The lowest BCUT2D eigenvalue weighted by Crippen LogP contribution is -2.49. The Morgan fingerprint density at radius 2 is 1.89 bits per heavy atom. The van der Waals surface area contributed by atoms with Crippen LogP contribution in [0.2, 0.25) is 0 Å². The normalized spacial score (nSPS) is 23.9. The summed E-state index contributed by atoms with van der Waals surface area (Å²) in [6.07, 6.45) is 3.81. The first-order chi connectivity index (χ1) is 9.13. The standard InChI is InChI=1S/C16H26N2O/c1-12(17)16-6-4-5-11-18(16)13(2)14-7-9-15(19-3)10-8-14/h7-10,12-13,16H,4-6,11,17H2,1-3H3. The number of nitrogens with two attached hydrogens (primary N) is 1. The van der Waals surface area contributed by atoms with Gasteiger partial charge in [-0.15, -0.1) is 0 Å². The molecular weight excluding hydrogens is 236 g/mol. The van der Waals surface area contributed by atoms with Crippen LogP contribution in [0.4, 0.5) is 0 Å². The van der Waals surface area contributed by atoms with Crippen molar-refractivity contribution in [2.75, 3.05) is 13.7 Å². The molecule has 1 aliphatic heterocycles. The average Bonchev–Trinajstić information content (AvgIpc) is 2.46. The highest BCUT2D eigenvalue weighted by atomic mass is 16.5. The fourth-order valence-electron chi connectivity index (χ4n) is 3.10. The number of hydrogen-bond acceptors (Lipinski definition) is 3. The number of nitrogens with zero attached hydrogens (tertiary/aromatic N) is 1. The summed E-state index contributed by atoms with van der Waals surface area (Å²) in [5, 5.41) is 0. The highest BCUT2D eigenvalue weighted by Crippen LogP contribution is 2.30. The Morgan fingerprint density at radius 1 is 1.21 bits per heavy atom. The second-order valence-corrected chi connectivity index (χ2v) is 5.61. The minimum atomic E-state index is 0.237. The highest BCUT2D eigenvalue weighted by Gasteiger charge is 2.29. The maximum atomic E-state index is 6.16. The molecule has 0 radical (unpaired) electrons. The van der Waals surface area contributed by atoms with Crippen LogP contribution in [0.1, 0.15) is 44.7 Å². The van der Waals surface area contributed by atoms with Crippen molar-refractivity contribution in [1.29, 1.82) is 0 Å². The Labute approximate surface area is 116 Å². The SMILES string of the molecule is COc1ccc(C(C)N2CCCCC2C(C)N)cc1. The van der Waals surface area contributed by atoms with E-state index in [0.29, 0.717) is 12.1 Å². The van der Waals surface area contributed by atoms with Gasteiger partial charge < -0.3 is 10.5 Å². The summed E-state index contributed by atoms with van der Waals surface area (Å²) in [4.78, 5) is 2.57. The lowest BCUT2D eigenvalue weighted by Gasteiger charge is -2.42. The largest absolute Gasteiger partial charge is 0.497 e. The molecule has 2 N–H and O–H groups in total. The van der Waals surface area contributed by atoms with Crippen LogP contribution in [0.3, 0.4) is 0 Å². The fraction of sp³-hybridized carbons (Fsp3) is 0.625. The molecule has 106 valence electrons. The first-order valence-corrected chi connectivity index (χ1v) is 7.28.